The molecule has 0 fully saturated rings. The van der Waals surface area contributed by atoms with Crippen LogP contribution in [0.4, 0.5) is 5.69 Å². The van der Waals surface area contributed by atoms with Gasteiger partial charge in [-0.3, -0.25) is 4.79 Å². The highest BCUT2D eigenvalue weighted by molar-refractivity contribution is 5.83. The van der Waals surface area contributed by atoms with Gasteiger partial charge in [-0.1, -0.05) is 6.07 Å². The zero-order valence-corrected chi connectivity index (χ0v) is 11.9. The van der Waals surface area contributed by atoms with Crippen molar-refractivity contribution in [3.8, 4) is 0 Å². The lowest BCUT2D eigenvalue weighted by Crippen LogP contribution is -2.45. The molecule has 0 aromatic heterocycles. The van der Waals surface area contributed by atoms with Crippen molar-refractivity contribution in [2.45, 2.75) is 32.2 Å². The van der Waals surface area contributed by atoms with Crippen molar-refractivity contribution in [3.63, 3.8) is 0 Å². The SMILES string of the molecule is COC(=O)C(CNc1ccc2c(c1)CCC2)NC(C)=O. The molecule has 0 heterocycles. The van der Waals surface area contributed by atoms with Gasteiger partial charge in [0.05, 0.1) is 7.11 Å². The number of fused-ring (bicyclic) bond motifs is 1. The summed E-state index contributed by atoms with van der Waals surface area (Å²) in [5.74, 6) is -0.704. The van der Waals surface area contributed by atoms with Crippen LogP contribution in [0.5, 0.6) is 0 Å². The number of aryl methyl sites for hydroxylation is 2. The Morgan fingerprint density at radius 3 is 2.75 bits per heavy atom. The van der Waals surface area contributed by atoms with Crippen LogP contribution in [-0.4, -0.2) is 31.6 Å². The molecule has 1 aromatic carbocycles. The summed E-state index contributed by atoms with van der Waals surface area (Å²) >= 11 is 0. The van der Waals surface area contributed by atoms with Crippen LogP contribution < -0.4 is 10.6 Å². The van der Waals surface area contributed by atoms with Crippen molar-refractivity contribution in [1.29, 1.82) is 0 Å². The summed E-state index contributed by atoms with van der Waals surface area (Å²) in [6, 6.07) is 5.57. The molecule has 20 heavy (non-hydrogen) atoms. The molecule has 0 spiro atoms. The molecule has 0 aliphatic heterocycles. The van der Waals surface area contributed by atoms with Crippen LogP contribution in [0.2, 0.25) is 0 Å². The molecule has 0 bridgehead atoms. The number of rotatable bonds is 5. The Kier molecular flexibility index (Phi) is 4.61. The number of hydrogen-bond donors (Lipinski definition) is 2. The third-order valence-corrected chi connectivity index (χ3v) is 3.47. The Balaban J connectivity index is 1.98. The lowest BCUT2D eigenvalue weighted by molar-refractivity contribution is -0.144. The number of carbonyl (C=O) groups is 2. The highest BCUT2D eigenvalue weighted by Crippen LogP contribution is 2.24. The first kappa shape index (κ1) is 14.4. The average Bonchev–Trinajstić information content (AvgIpc) is 2.89. The summed E-state index contributed by atoms with van der Waals surface area (Å²) < 4.78 is 4.68. The van der Waals surface area contributed by atoms with E-state index in [4.69, 9.17) is 0 Å². The maximum absolute atomic E-state index is 11.6. The van der Waals surface area contributed by atoms with Crippen molar-refractivity contribution in [3.05, 3.63) is 29.3 Å². The van der Waals surface area contributed by atoms with E-state index in [2.05, 4.69) is 27.5 Å². The Morgan fingerprint density at radius 1 is 1.30 bits per heavy atom. The molecule has 2 rings (SSSR count). The molecule has 5 nitrogen and oxygen atoms in total. The van der Waals surface area contributed by atoms with Crippen LogP contribution in [0, 0.1) is 0 Å². The number of hydrogen-bond acceptors (Lipinski definition) is 4. The Bertz CT molecular complexity index is 514. The number of anilines is 1. The minimum absolute atomic E-state index is 0.254. The second-order valence-corrected chi connectivity index (χ2v) is 4.99. The van der Waals surface area contributed by atoms with Gasteiger partial charge in [0.1, 0.15) is 6.04 Å². The van der Waals surface area contributed by atoms with Gasteiger partial charge in [-0.05, 0) is 42.5 Å². The van der Waals surface area contributed by atoms with Crippen LogP contribution in [0.3, 0.4) is 0 Å². The van der Waals surface area contributed by atoms with Gasteiger partial charge in [-0.15, -0.1) is 0 Å². The Hall–Kier alpha value is -2.04. The molecule has 1 aliphatic carbocycles. The van der Waals surface area contributed by atoms with E-state index in [1.165, 1.54) is 31.6 Å². The van der Waals surface area contributed by atoms with E-state index in [9.17, 15) is 9.59 Å². The van der Waals surface area contributed by atoms with Crippen molar-refractivity contribution in [2.75, 3.05) is 19.0 Å². The normalized spacial score (nSPS) is 14.3. The van der Waals surface area contributed by atoms with E-state index in [1.807, 2.05) is 6.07 Å². The van der Waals surface area contributed by atoms with Gasteiger partial charge in [0.15, 0.2) is 0 Å². The average molecular weight is 276 g/mol. The second-order valence-electron chi connectivity index (χ2n) is 4.99. The topological polar surface area (TPSA) is 67.4 Å². The standard InChI is InChI=1S/C15H20N2O3/c1-10(18)17-14(15(19)20-2)9-16-13-7-6-11-4-3-5-12(11)8-13/h6-8,14,16H,3-5,9H2,1-2H3,(H,17,18). The van der Waals surface area contributed by atoms with E-state index in [1.54, 1.807) is 0 Å². The van der Waals surface area contributed by atoms with E-state index in [0.29, 0.717) is 6.54 Å². The highest BCUT2D eigenvalue weighted by Gasteiger charge is 2.20. The third-order valence-electron chi connectivity index (χ3n) is 3.47. The third kappa shape index (κ3) is 3.50. The van der Waals surface area contributed by atoms with Crippen molar-refractivity contribution < 1.29 is 14.3 Å². The molecule has 0 saturated carbocycles. The molecule has 0 radical (unpaired) electrons. The minimum atomic E-state index is -0.675. The lowest BCUT2D eigenvalue weighted by atomic mass is 10.1. The summed E-state index contributed by atoms with van der Waals surface area (Å²) in [7, 11) is 1.31. The van der Waals surface area contributed by atoms with Crippen LogP contribution in [0.1, 0.15) is 24.5 Å². The second kappa shape index (κ2) is 6.41. The maximum atomic E-state index is 11.6. The van der Waals surface area contributed by atoms with Crippen LogP contribution >= 0.6 is 0 Å². The van der Waals surface area contributed by atoms with Crippen molar-refractivity contribution in [1.82, 2.24) is 5.32 Å². The number of nitrogens with one attached hydrogen (secondary N) is 2. The predicted molar refractivity (Wildman–Crippen MR) is 76.6 cm³/mol. The smallest absolute Gasteiger partial charge is 0.330 e. The largest absolute Gasteiger partial charge is 0.467 e. The first-order valence-corrected chi connectivity index (χ1v) is 6.80. The summed E-state index contributed by atoms with van der Waals surface area (Å²) in [5, 5.41) is 5.76. The van der Waals surface area contributed by atoms with Gasteiger partial charge in [0.25, 0.3) is 0 Å². The molecule has 1 aromatic rings. The summed E-state index contributed by atoms with van der Waals surface area (Å²) in [6.45, 7) is 1.69. The van der Waals surface area contributed by atoms with Gasteiger partial charge in [-0.2, -0.15) is 0 Å². The zero-order chi connectivity index (χ0) is 14.5. The molecule has 1 amide bonds. The molecule has 1 aliphatic rings. The molecule has 1 atom stereocenters. The van der Waals surface area contributed by atoms with E-state index < -0.39 is 12.0 Å². The molecule has 5 heteroatoms. The van der Waals surface area contributed by atoms with E-state index in [0.717, 1.165) is 18.5 Å². The highest BCUT2D eigenvalue weighted by atomic mass is 16.5. The number of amides is 1. The molecule has 0 saturated heterocycles. The van der Waals surface area contributed by atoms with Gasteiger partial charge < -0.3 is 15.4 Å². The van der Waals surface area contributed by atoms with Gasteiger partial charge in [0.2, 0.25) is 5.91 Å². The molecule has 2 N–H and O–H groups in total. The fourth-order valence-electron chi connectivity index (χ4n) is 2.48. The minimum Gasteiger partial charge on any atom is -0.467 e. The summed E-state index contributed by atoms with van der Waals surface area (Å²) in [5.41, 5.74) is 3.73. The van der Waals surface area contributed by atoms with Crippen molar-refractivity contribution >= 4 is 17.6 Å². The molecule has 108 valence electrons. The van der Waals surface area contributed by atoms with E-state index >= 15 is 0 Å². The molecular weight excluding hydrogens is 256 g/mol. The summed E-state index contributed by atoms with van der Waals surface area (Å²) in [4.78, 5) is 22.7. The van der Waals surface area contributed by atoms with Crippen LogP contribution in [0.25, 0.3) is 0 Å². The zero-order valence-electron chi connectivity index (χ0n) is 11.9. The lowest BCUT2D eigenvalue weighted by Gasteiger charge is -2.17. The number of ether oxygens (including phenoxy) is 1. The predicted octanol–water partition coefficient (Wildman–Crippen LogP) is 1.26. The number of esters is 1. The fraction of sp³-hybridized carbons (Fsp3) is 0.467. The monoisotopic (exact) mass is 276 g/mol. The number of carbonyl (C=O) groups excluding carboxylic acids is 2. The summed E-state index contributed by atoms with van der Waals surface area (Å²) in [6.07, 6.45) is 3.46. The fourth-order valence-corrected chi connectivity index (χ4v) is 2.48. The quantitative estimate of drug-likeness (QED) is 0.795. The number of methoxy groups -OCH3 is 1. The van der Waals surface area contributed by atoms with Gasteiger partial charge in [0, 0.05) is 19.2 Å². The molecule has 1 unspecified atom stereocenters. The van der Waals surface area contributed by atoms with Gasteiger partial charge in [-0.25, -0.2) is 4.79 Å². The van der Waals surface area contributed by atoms with E-state index in [-0.39, 0.29) is 5.91 Å². The van der Waals surface area contributed by atoms with Crippen LogP contribution in [-0.2, 0) is 27.2 Å². The van der Waals surface area contributed by atoms with Crippen LogP contribution in [0.15, 0.2) is 18.2 Å². The Morgan fingerprint density at radius 2 is 2.05 bits per heavy atom. The first-order chi connectivity index (χ1) is 9.60. The Labute approximate surface area is 118 Å². The molecular formula is C15H20N2O3. The van der Waals surface area contributed by atoms with Crippen molar-refractivity contribution in [2.24, 2.45) is 0 Å². The number of benzene rings is 1. The first-order valence-electron chi connectivity index (χ1n) is 6.80. The maximum Gasteiger partial charge on any atom is 0.330 e. The van der Waals surface area contributed by atoms with Gasteiger partial charge >= 0.3 is 5.97 Å².